The van der Waals surface area contributed by atoms with E-state index in [1.165, 1.54) is 0 Å². The highest BCUT2D eigenvalue weighted by Crippen LogP contribution is 2.29. The summed E-state index contributed by atoms with van der Waals surface area (Å²) in [7, 11) is 0. The van der Waals surface area contributed by atoms with Crippen LogP contribution in [-0.4, -0.2) is 29.7 Å². The molecule has 0 saturated heterocycles. The van der Waals surface area contributed by atoms with Crippen LogP contribution in [0.1, 0.15) is 18.8 Å². The minimum absolute atomic E-state index is 0.00304. The molecule has 0 unspecified atom stereocenters. The van der Waals surface area contributed by atoms with Crippen molar-refractivity contribution in [2.75, 3.05) is 16.8 Å². The van der Waals surface area contributed by atoms with Crippen LogP contribution in [0.25, 0.3) is 16.7 Å². The highest BCUT2D eigenvalue weighted by molar-refractivity contribution is 6.35. The van der Waals surface area contributed by atoms with E-state index in [1.54, 1.807) is 25.1 Å². The second kappa shape index (κ2) is 7.43. The Hall–Kier alpha value is -3.44. The number of fused-ring (bicyclic) bond motifs is 1. The number of nitrogens with two attached hydrogens (primary N) is 2. The number of rotatable bonds is 4. The van der Waals surface area contributed by atoms with Crippen LogP contribution in [0.4, 0.5) is 22.0 Å². The molecule has 0 bridgehead atoms. The lowest BCUT2D eigenvalue weighted by Gasteiger charge is -2.19. The van der Waals surface area contributed by atoms with Crippen molar-refractivity contribution in [2.24, 2.45) is 0 Å². The first-order valence-corrected chi connectivity index (χ1v) is 9.29. The van der Waals surface area contributed by atoms with Crippen LogP contribution in [0.15, 0.2) is 29.1 Å². The van der Waals surface area contributed by atoms with E-state index in [4.69, 9.17) is 34.7 Å². The molecule has 0 aliphatic heterocycles. The standard InChI is InChI=1S/C17H14Cl2FN9O/c1-6(23-14-12(19)13(21)25-17(22)26-14)15-24-8-4-2-3-7(18)11(8)16(30)29(15)10-5-9(20)27-28-10/h2-6H,1H3,(H,27,28)(H5,21,22,23,25,26)/t6-/m0/s1. The van der Waals surface area contributed by atoms with Crippen LogP contribution in [0.2, 0.25) is 10.0 Å². The summed E-state index contributed by atoms with van der Waals surface area (Å²) in [5.74, 6) is -0.464. The van der Waals surface area contributed by atoms with Gasteiger partial charge in [-0.2, -0.15) is 19.5 Å². The number of benzene rings is 1. The van der Waals surface area contributed by atoms with Crippen LogP contribution in [0.5, 0.6) is 0 Å². The van der Waals surface area contributed by atoms with Gasteiger partial charge in [-0.25, -0.2) is 9.55 Å². The Labute approximate surface area is 178 Å². The fraction of sp³-hybridized carbons (Fsp3) is 0.118. The van der Waals surface area contributed by atoms with Gasteiger partial charge in [0.1, 0.15) is 16.7 Å². The van der Waals surface area contributed by atoms with Gasteiger partial charge in [0.25, 0.3) is 5.56 Å². The SMILES string of the molecule is C[C@H](Nc1nc(N)nc(N)c1Cl)c1nc2cccc(Cl)c2c(=O)n1-c1cc(F)[nH]n1. The summed E-state index contributed by atoms with van der Waals surface area (Å²) in [4.78, 5) is 25.6. The smallest absolute Gasteiger partial charge is 0.268 e. The Balaban J connectivity index is 1.92. The molecule has 0 fully saturated rings. The Morgan fingerprint density at radius 1 is 1.23 bits per heavy atom. The molecule has 4 rings (SSSR count). The van der Waals surface area contributed by atoms with E-state index in [0.717, 1.165) is 10.6 Å². The minimum Gasteiger partial charge on any atom is -0.382 e. The predicted molar refractivity (Wildman–Crippen MR) is 112 cm³/mol. The lowest BCUT2D eigenvalue weighted by molar-refractivity contribution is 0.579. The molecular weight excluding hydrogens is 436 g/mol. The van der Waals surface area contributed by atoms with Crippen LogP contribution in [0.3, 0.4) is 0 Å². The quantitative estimate of drug-likeness (QED) is 0.370. The average Bonchev–Trinajstić information content (AvgIpc) is 3.11. The topological polar surface area (TPSA) is 153 Å². The third-order valence-corrected chi connectivity index (χ3v) is 4.96. The second-order valence-corrected chi connectivity index (χ2v) is 7.10. The fourth-order valence-corrected chi connectivity index (χ4v) is 3.36. The summed E-state index contributed by atoms with van der Waals surface area (Å²) in [6, 6.07) is 5.28. The van der Waals surface area contributed by atoms with E-state index in [2.05, 4.69) is 30.5 Å². The number of nitrogens with zero attached hydrogens (tertiary/aromatic N) is 5. The molecule has 154 valence electrons. The lowest BCUT2D eigenvalue weighted by Crippen LogP contribution is -2.28. The van der Waals surface area contributed by atoms with Crippen LogP contribution in [-0.2, 0) is 0 Å². The first-order chi connectivity index (χ1) is 14.3. The zero-order chi connectivity index (χ0) is 21.6. The monoisotopic (exact) mass is 449 g/mol. The molecule has 1 atom stereocenters. The van der Waals surface area contributed by atoms with Crippen LogP contribution in [0, 0.1) is 5.95 Å². The molecule has 0 aliphatic carbocycles. The van der Waals surface area contributed by atoms with Crippen molar-refractivity contribution in [3.63, 3.8) is 0 Å². The number of nitrogens with one attached hydrogen (secondary N) is 2. The van der Waals surface area contributed by atoms with Gasteiger partial charge in [-0.3, -0.25) is 9.89 Å². The van der Waals surface area contributed by atoms with E-state index in [-0.39, 0.29) is 44.7 Å². The summed E-state index contributed by atoms with van der Waals surface area (Å²) in [6.45, 7) is 1.70. The average molecular weight is 450 g/mol. The molecule has 3 aromatic heterocycles. The molecule has 10 nitrogen and oxygen atoms in total. The van der Waals surface area contributed by atoms with Gasteiger partial charge in [-0.05, 0) is 19.1 Å². The van der Waals surface area contributed by atoms with Gasteiger partial charge in [0.15, 0.2) is 11.6 Å². The first kappa shape index (κ1) is 19.9. The third kappa shape index (κ3) is 3.37. The van der Waals surface area contributed by atoms with Crippen molar-refractivity contribution in [3.8, 4) is 5.82 Å². The molecule has 1 aromatic carbocycles. The number of aromatic nitrogens is 6. The maximum Gasteiger partial charge on any atom is 0.268 e. The van der Waals surface area contributed by atoms with Gasteiger partial charge in [0, 0.05) is 6.07 Å². The van der Waals surface area contributed by atoms with Crippen molar-refractivity contribution in [1.82, 2.24) is 29.7 Å². The summed E-state index contributed by atoms with van der Waals surface area (Å²) in [6.07, 6.45) is 0. The molecule has 0 amide bonds. The maximum absolute atomic E-state index is 13.6. The van der Waals surface area contributed by atoms with E-state index in [9.17, 15) is 9.18 Å². The molecule has 0 aliphatic rings. The fourth-order valence-electron chi connectivity index (χ4n) is 2.97. The third-order valence-electron chi connectivity index (χ3n) is 4.27. The number of hydrogen-bond acceptors (Lipinski definition) is 8. The van der Waals surface area contributed by atoms with Crippen LogP contribution < -0.4 is 22.3 Å². The molecule has 4 aromatic rings. The highest BCUT2D eigenvalue weighted by Gasteiger charge is 2.22. The second-order valence-electron chi connectivity index (χ2n) is 6.31. The molecule has 3 heterocycles. The number of hydrogen-bond donors (Lipinski definition) is 4. The van der Waals surface area contributed by atoms with Crippen molar-refractivity contribution in [1.29, 1.82) is 0 Å². The molecule has 13 heteroatoms. The van der Waals surface area contributed by atoms with Crippen molar-refractivity contribution >= 4 is 51.7 Å². The first-order valence-electron chi connectivity index (χ1n) is 8.53. The van der Waals surface area contributed by atoms with E-state index in [0.29, 0.717) is 5.52 Å². The Morgan fingerprint density at radius 2 is 2.00 bits per heavy atom. The van der Waals surface area contributed by atoms with E-state index >= 15 is 0 Å². The van der Waals surface area contributed by atoms with Gasteiger partial charge in [-0.1, -0.05) is 29.3 Å². The van der Waals surface area contributed by atoms with E-state index < -0.39 is 17.5 Å². The van der Waals surface area contributed by atoms with Gasteiger partial charge >= 0.3 is 0 Å². The Kier molecular flexibility index (Phi) is 4.92. The van der Waals surface area contributed by atoms with Crippen molar-refractivity contribution in [3.05, 3.63) is 56.4 Å². The van der Waals surface area contributed by atoms with Gasteiger partial charge in [-0.15, -0.1) is 0 Å². The Bertz CT molecular complexity index is 1340. The highest BCUT2D eigenvalue weighted by atomic mass is 35.5. The summed E-state index contributed by atoms with van der Waals surface area (Å²) < 4.78 is 14.7. The zero-order valence-corrected chi connectivity index (χ0v) is 16.8. The number of halogens is 3. The predicted octanol–water partition coefficient (Wildman–Crippen LogP) is 2.68. The summed E-state index contributed by atoms with van der Waals surface area (Å²) >= 11 is 12.4. The summed E-state index contributed by atoms with van der Waals surface area (Å²) in [5.41, 5.74) is 11.2. The minimum atomic E-state index is -0.720. The number of aromatic amines is 1. The maximum atomic E-state index is 13.6. The largest absolute Gasteiger partial charge is 0.382 e. The zero-order valence-electron chi connectivity index (χ0n) is 15.3. The molecule has 0 spiro atoms. The van der Waals surface area contributed by atoms with Crippen molar-refractivity contribution < 1.29 is 4.39 Å². The van der Waals surface area contributed by atoms with Crippen molar-refractivity contribution in [2.45, 2.75) is 13.0 Å². The molecular formula is C17H14Cl2FN9O. The number of H-pyrrole nitrogens is 1. The van der Waals surface area contributed by atoms with Crippen LogP contribution >= 0.6 is 23.2 Å². The van der Waals surface area contributed by atoms with Gasteiger partial charge < -0.3 is 16.8 Å². The van der Waals surface area contributed by atoms with E-state index in [1.807, 2.05) is 0 Å². The Morgan fingerprint density at radius 3 is 2.70 bits per heavy atom. The molecule has 0 radical (unpaired) electrons. The number of nitrogen functional groups attached to an aromatic ring is 2. The van der Waals surface area contributed by atoms with Gasteiger partial charge in [0.05, 0.1) is 22.0 Å². The molecule has 0 saturated carbocycles. The number of anilines is 3. The molecule has 30 heavy (non-hydrogen) atoms. The summed E-state index contributed by atoms with van der Waals surface area (Å²) in [5, 5.41) is 9.44. The normalized spacial score (nSPS) is 12.3. The molecule has 6 N–H and O–H groups in total. The van der Waals surface area contributed by atoms with Gasteiger partial charge in [0.2, 0.25) is 11.9 Å². The lowest BCUT2D eigenvalue weighted by atomic mass is 10.2.